The van der Waals surface area contributed by atoms with Gasteiger partial charge in [0.1, 0.15) is 24.5 Å². The van der Waals surface area contributed by atoms with Crippen LogP contribution in [0, 0.1) is 35.5 Å². The van der Waals surface area contributed by atoms with Crippen LogP contribution in [0.25, 0.3) is 0 Å². The summed E-state index contributed by atoms with van der Waals surface area (Å²) in [5, 5.41) is 30.2. The summed E-state index contributed by atoms with van der Waals surface area (Å²) in [7, 11) is 8.11. The summed E-state index contributed by atoms with van der Waals surface area (Å²) in [6.45, 7) is 13.3. The van der Waals surface area contributed by atoms with Gasteiger partial charge in [0, 0.05) is 81.0 Å². The summed E-state index contributed by atoms with van der Waals surface area (Å²) in [6, 6.07) is 9.38. The van der Waals surface area contributed by atoms with Gasteiger partial charge in [-0.1, -0.05) is 69.3 Å². The SMILES string of the molecule is CC(C)[C@@H]1CC[C@H](C)[C@@H](NC(=O)[C@@H]2[C@H]([C@H](C)O)[C@H](CO)ON2CC2=C(OCCN3CCOCC3)C(C3C=C(C(=O)NC(Cc4ccccc4)CN(C)C)C=C(N(C)C)C3)CC=C2)C1. The number of nitrogens with one attached hydrogen (secondary N) is 2. The highest BCUT2D eigenvalue weighted by molar-refractivity contribution is 5.96. The van der Waals surface area contributed by atoms with E-state index in [0.717, 1.165) is 68.8 Å². The van der Waals surface area contributed by atoms with Crippen molar-refractivity contribution in [2.45, 2.75) is 96.6 Å². The summed E-state index contributed by atoms with van der Waals surface area (Å²) in [5.74, 6) is 1.12. The van der Waals surface area contributed by atoms with Gasteiger partial charge in [-0.15, -0.1) is 0 Å². The van der Waals surface area contributed by atoms with E-state index in [4.69, 9.17) is 14.3 Å². The maximum Gasteiger partial charge on any atom is 0.251 e. The second-order valence-corrected chi connectivity index (χ2v) is 19.7. The zero-order chi connectivity index (χ0) is 45.2. The van der Waals surface area contributed by atoms with Crippen LogP contribution in [-0.4, -0.2) is 159 Å². The van der Waals surface area contributed by atoms with Crippen LogP contribution in [0.3, 0.4) is 0 Å². The Bertz CT molecular complexity index is 1770. The molecule has 0 radical (unpaired) electrons. The van der Waals surface area contributed by atoms with Gasteiger partial charge in [-0.3, -0.25) is 19.3 Å². The lowest BCUT2D eigenvalue weighted by Gasteiger charge is -2.38. The van der Waals surface area contributed by atoms with Crippen molar-refractivity contribution < 1.29 is 34.1 Å². The van der Waals surface area contributed by atoms with Gasteiger partial charge in [0.2, 0.25) is 5.91 Å². The third-order valence-electron chi connectivity index (χ3n) is 14.1. The van der Waals surface area contributed by atoms with Gasteiger partial charge in [0.05, 0.1) is 32.5 Å². The Morgan fingerprint density at radius 1 is 1.05 bits per heavy atom. The predicted octanol–water partition coefficient (Wildman–Crippen LogP) is 4.40. The van der Waals surface area contributed by atoms with E-state index in [0.29, 0.717) is 56.1 Å². The third kappa shape index (κ3) is 13.0. The van der Waals surface area contributed by atoms with Crippen molar-refractivity contribution in [3.8, 4) is 0 Å². The van der Waals surface area contributed by atoms with Crippen LogP contribution >= 0.6 is 0 Å². The number of aliphatic hydroxyl groups is 2. The van der Waals surface area contributed by atoms with Crippen LogP contribution in [0.5, 0.6) is 0 Å². The zero-order valence-corrected chi connectivity index (χ0v) is 39.4. The second-order valence-electron chi connectivity index (χ2n) is 19.7. The normalized spacial score (nSPS) is 29.3. The molecule has 0 aromatic heterocycles. The van der Waals surface area contributed by atoms with E-state index in [2.05, 4.69) is 76.5 Å². The smallest absolute Gasteiger partial charge is 0.251 e. The summed E-state index contributed by atoms with van der Waals surface area (Å²) in [6.07, 6.45) is 12.0. The molecular weight excluding hydrogens is 797 g/mol. The van der Waals surface area contributed by atoms with Crippen molar-refractivity contribution >= 4 is 11.8 Å². The standard InChI is InChI=1S/C50H78N6O7/c1-33(2)37-18-17-34(3)44(29-37)52-50(60)47-46(35(4)58)45(32-57)63-56(47)30-38-15-12-16-43(48(38)62-24-21-55-19-22-61-23-20-55)39-26-40(28-42(27-39)54(7)8)49(59)51-41(31-53(5)6)25-36-13-10-9-11-14-36/h9-15,26,28,33-35,37,39,41,43-47,57-58H,16-25,27,29-32H2,1-8H3,(H,51,59)(H,52,60)/t34-,35-,37+,39?,41?,43?,44-,45-,46+,47-/m0/s1. The summed E-state index contributed by atoms with van der Waals surface area (Å²) < 4.78 is 12.5. The van der Waals surface area contributed by atoms with Crippen molar-refractivity contribution in [2.24, 2.45) is 35.5 Å². The largest absolute Gasteiger partial charge is 0.496 e. The second kappa shape index (κ2) is 23.1. The molecule has 3 unspecified atom stereocenters. The first-order valence-corrected chi connectivity index (χ1v) is 23.7. The molecule has 0 spiro atoms. The van der Waals surface area contributed by atoms with Gasteiger partial charge >= 0.3 is 0 Å². The van der Waals surface area contributed by atoms with Gasteiger partial charge in [-0.05, 0) is 94.9 Å². The van der Waals surface area contributed by atoms with E-state index >= 15 is 0 Å². The van der Waals surface area contributed by atoms with E-state index < -0.39 is 24.2 Å². The fourth-order valence-corrected chi connectivity index (χ4v) is 10.4. The molecule has 2 heterocycles. The number of hydrogen-bond acceptors (Lipinski definition) is 11. The monoisotopic (exact) mass is 875 g/mol. The number of nitrogens with zero attached hydrogens (tertiary/aromatic N) is 4. The number of hydroxylamine groups is 2. The molecule has 13 nitrogen and oxygen atoms in total. The fraction of sp³-hybridized carbons (Fsp3) is 0.680. The zero-order valence-electron chi connectivity index (χ0n) is 39.4. The minimum atomic E-state index is -0.902. The number of carbonyl (C=O) groups excluding carboxylic acids is 2. The lowest BCUT2D eigenvalue weighted by Crippen LogP contribution is -2.54. The molecule has 63 heavy (non-hydrogen) atoms. The van der Waals surface area contributed by atoms with Crippen LogP contribution in [-0.2, 0) is 30.3 Å². The quantitative estimate of drug-likeness (QED) is 0.158. The average molecular weight is 875 g/mol. The highest BCUT2D eigenvalue weighted by Gasteiger charge is 2.50. The van der Waals surface area contributed by atoms with Crippen molar-refractivity contribution in [2.75, 3.05) is 87.3 Å². The number of aliphatic hydroxyl groups excluding tert-OH is 2. The highest BCUT2D eigenvalue weighted by atomic mass is 16.7. The third-order valence-corrected chi connectivity index (χ3v) is 14.1. The number of allylic oxidation sites excluding steroid dienone is 4. The number of rotatable bonds is 19. The van der Waals surface area contributed by atoms with Crippen molar-refractivity contribution in [3.63, 3.8) is 0 Å². The number of likely N-dealkylation sites (N-methyl/N-ethyl adjacent to an activating group) is 1. The molecule has 2 amide bonds. The summed E-state index contributed by atoms with van der Waals surface area (Å²) in [4.78, 5) is 41.9. The number of amides is 2. The molecule has 0 bridgehead atoms. The van der Waals surface area contributed by atoms with E-state index in [1.165, 1.54) is 5.56 Å². The van der Waals surface area contributed by atoms with Crippen LogP contribution in [0.4, 0.5) is 0 Å². The predicted molar refractivity (Wildman–Crippen MR) is 247 cm³/mol. The van der Waals surface area contributed by atoms with Crippen LogP contribution in [0.2, 0.25) is 0 Å². The first-order chi connectivity index (χ1) is 30.2. The molecule has 1 aromatic carbocycles. The Morgan fingerprint density at radius 2 is 1.79 bits per heavy atom. The molecule has 1 aromatic rings. The molecule has 4 N–H and O–H groups in total. The molecule has 2 saturated heterocycles. The first kappa shape index (κ1) is 48.9. The molecular formula is C50H78N6O7. The molecule has 10 atom stereocenters. The number of hydrogen-bond donors (Lipinski definition) is 4. The summed E-state index contributed by atoms with van der Waals surface area (Å²) >= 11 is 0. The lowest BCUT2D eigenvalue weighted by molar-refractivity contribution is -0.172. The minimum absolute atomic E-state index is 0.0144. The number of carbonyl (C=O) groups is 2. The highest BCUT2D eigenvalue weighted by Crippen LogP contribution is 2.41. The van der Waals surface area contributed by atoms with Crippen molar-refractivity contribution in [3.05, 3.63) is 82.8 Å². The fourth-order valence-electron chi connectivity index (χ4n) is 10.4. The van der Waals surface area contributed by atoms with Crippen molar-refractivity contribution in [1.82, 2.24) is 30.4 Å². The van der Waals surface area contributed by atoms with E-state index in [1.54, 1.807) is 12.0 Å². The Labute approximate surface area is 377 Å². The van der Waals surface area contributed by atoms with E-state index in [-0.39, 0.29) is 48.9 Å². The average Bonchev–Trinajstić information content (AvgIpc) is 3.63. The number of benzene rings is 1. The molecule has 3 fully saturated rings. The molecule has 2 aliphatic heterocycles. The van der Waals surface area contributed by atoms with Gasteiger partial charge in [-0.25, -0.2) is 0 Å². The Kier molecular flexibility index (Phi) is 17.9. The Morgan fingerprint density at radius 3 is 2.46 bits per heavy atom. The number of morpholine rings is 1. The van der Waals surface area contributed by atoms with Crippen LogP contribution in [0.1, 0.15) is 65.4 Å². The Hall–Kier alpha value is -3.56. The van der Waals surface area contributed by atoms with Crippen LogP contribution < -0.4 is 10.6 Å². The van der Waals surface area contributed by atoms with Gasteiger partial charge in [-0.2, -0.15) is 5.06 Å². The minimum Gasteiger partial charge on any atom is -0.496 e. The summed E-state index contributed by atoms with van der Waals surface area (Å²) in [5.41, 5.74) is 3.75. The molecule has 3 aliphatic carbocycles. The number of ether oxygens (including phenoxy) is 2. The molecule has 6 rings (SSSR count). The van der Waals surface area contributed by atoms with E-state index in [1.807, 2.05) is 52.5 Å². The maximum absolute atomic E-state index is 14.6. The van der Waals surface area contributed by atoms with Crippen molar-refractivity contribution in [1.29, 1.82) is 0 Å². The van der Waals surface area contributed by atoms with E-state index in [9.17, 15) is 19.8 Å². The van der Waals surface area contributed by atoms with Gasteiger partial charge in [0.25, 0.3) is 5.91 Å². The maximum atomic E-state index is 14.6. The topological polar surface area (TPSA) is 139 Å². The Balaban J connectivity index is 1.30. The lowest BCUT2D eigenvalue weighted by atomic mass is 9.74. The molecule has 5 aliphatic rings. The molecule has 350 valence electrons. The van der Waals surface area contributed by atoms with Gasteiger partial charge in [0.15, 0.2) is 0 Å². The first-order valence-electron chi connectivity index (χ1n) is 23.7. The van der Waals surface area contributed by atoms with Crippen LogP contribution in [0.15, 0.2) is 77.2 Å². The van der Waals surface area contributed by atoms with Gasteiger partial charge < -0.3 is 40.1 Å². The molecule has 1 saturated carbocycles. The molecule has 13 heteroatoms.